The van der Waals surface area contributed by atoms with Crippen molar-refractivity contribution in [3.05, 3.63) is 59.1 Å². The zero-order valence-electron chi connectivity index (χ0n) is 20.4. The lowest BCUT2D eigenvalue weighted by Crippen LogP contribution is -2.30. The Morgan fingerprint density at radius 3 is 2.66 bits per heavy atom. The fourth-order valence-corrected chi connectivity index (χ4v) is 5.83. The van der Waals surface area contributed by atoms with E-state index in [0.717, 1.165) is 52.0 Å². The van der Waals surface area contributed by atoms with Crippen LogP contribution in [0.3, 0.4) is 0 Å². The first kappa shape index (κ1) is 26.3. The summed E-state index contributed by atoms with van der Waals surface area (Å²) in [7, 11) is 3.81. The molecule has 2 unspecified atom stereocenters. The molecule has 0 amide bonds. The molecule has 8 heteroatoms. The summed E-state index contributed by atoms with van der Waals surface area (Å²) in [6, 6.07) is 16.3. The molecule has 0 aliphatic heterocycles. The summed E-state index contributed by atoms with van der Waals surface area (Å²) in [6.07, 6.45) is 5.17. The topological polar surface area (TPSA) is 43.2 Å². The van der Waals surface area contributed by atoms with E-state index in [-0.39, 0.29) is 12.4 Å². The summed E-state index contributed by atoms with van der Waals surface area (Å²) in [4.78, 5) is 2.70. The van der Waals surface area contributed by atoms with E-state index < -0.39 is 0 Å². The third kappa shape index (κ3) is 6.73. The first-order valence-electron chi connectivity index (χ1n) is 12.3. The van der Waals surface area contributed by atoms with Crippen LogP contribution in [0.1, 0.15) is 37.2 Å². The van der Waals surface area contributed by atoms with Crippen LogP contribution in [0.2, 0.25) is 5.02 Å². The fraction of sp³-hybridized carbons (Fsp3) is 0.481. The van der Waals surface area contributed by atoms with Crippen LogP contribution in [0.4, 0.5) is 0 Å². The Balaban J connectivity index is 0.00000289. The van der Waals surface area contributed by atoms with Crippen molar-refractivity contribution in [2.45, 2.75) is 36.8 Å². The second kappa shape index (κ2) is 12.0. The lowest BCUT2D eigenvalue weighted by atomic mass is 10.1. The average molecular weight is 534 g/mol. The Morgan fingerprint density at radius 2 is 1.91 bits per heavy atom. The fourth-order valence-electron chi connectivity index (χ4n) is 4.81. The van der Waals surface area contributed by atoms with Crippen molar-refractivity contribution in [1.29, 1.82) is 0 Å². The van der Waals surface area contributed by atoms with Crippen molar-refractivity contribution in [1.82, 2.24) is 19.7 Å². The second-order valence-corrected chi connectivity index (χ2v) is 11.1. The summed E-state index contributed by atoms with van der Waals surface area (Å²) >= 11 is 8.09. The molecule has 0 radical (unpaired) electrons. The third-order valence-electron chi connectivity index (χ3n) is 6.94. The van der Waals surface area contributed by atoms with Gasteiger partial charge >= 0.3 is 0 Å². The Kier molecular flexibility index (Phi) is 9.03. The van der Waals surface area contributed by atoms with Crippen LogP contribution in [-0.2, 0) is 7.05 Å². The monoisotopic (exact) mass is 532 g/mol. The molecule has 2 atom stereocenters. The van der Waals surface area contributed by atoms with Crippen molar-refractivity contribution >= 4 is 35.8 Å². The van der Waals surface area contributed by atoms with Gasteiger partial charge < -0.3 is 14.2 Å². The first-order valence-corrected chi connectivity index (χ1v) is 13.6. The quantitative estimate of drug-likeness (QED) is 0.195. The molecule has 3 aromatic rings. The highest BCUT2D eigenvalue weighted by Crippen LogP contribution is 2.51. The number of nitrogens with zero attached hydrogens (tertiary/aromatic N) is 4. The van der Waals surface area contributed by atoms with Crippen molar-refractivity contribution in [2.24, 2.45) is 18.9 Å². The van der Waals surface area contributed by atoms with Crippen molar-refractivity contribution in [2.75, 3.05) is 32.5 Å². The first-order chi connectivity index (χ1) is 16.6. The number of hydrogen-bond donors (Lipinski definition) is 0. The van der Waals surface area contributed by atoms with Gasteiger partial charge in [-0.1, -0.05) is 53.7 Å². The van der Waals surface area contributed by atoms with Crippen molar-refractivity contribution in [3.8, 4) is 17.1 Å². The van der Waals surface area contributed by atoms with E-state index in [4.69, 9.17) is 16.3 Å². The van der Waals surface area contributed by atoms with Gasteiger partial charge in [0.15, 0.2) is 11.0 Å². The molecule has 0 bridgehead atoms. The molecule has 2 aromatic carbocycles. The number of halogens is 2. The highest BCUT2D eigenvalue weighted by Gasteiger charge is 2.41. The Morgan fingerprint density at radius 1 is 1.11 bits per heavy atom. The predicted octanol–water partition coefficient (Wildman–Crippen LogP) is 6.56. The van der Waals surface area contributed by atoms with Gasteiger partial charge in [-0.25, -0.2) is 0 Å². The molecule has 188 valence electrons. The van der Waals surface area contributed by atoms with Crippen LogP contribution >= 0.6 is 35.8 Å². The van der Waals surface area contributed by atoms with E-state index in [1.54, 1.807) is 7.11 Å². The molecule has 5 nitrogen and oxygen atoms in total. The Hall–Kier alpha value is -1.73. The number of aromatic nitrogens is 3. The van der Waals surface area contributed by atoms with Crippen LogP contribution in [0.5, 0.6) is 5.75 Å². The second-order valence-electron chi connectivity index (χ2n) is 9.62. The lowest BCUT2D eigenvalue weighted by Gasteiger charge is -2.22. The standard InChI is InChI=1S/C27H33ClN4OS.ClH/c1-31-26(20-7-4-3-5-8-20)29-30-27(31)34-14-6-13-32(17-19-9-10-19)18-21-15-23(21)24-16-22(28)11-12-25(24)33-2;/h3-5,7-8,11-12,16,19,21,23H,6,9-10,13-15,17-18H2,1-2H3;1H. The minimum absolute atomic E-state index is 0. The van der Waals surface area contributed by atoms with E-state index in [0.29, 0.717) is 11.8 Å². The molecule has 2 fully saturated rings. The number of ether oxygens (including phenoxy) is 1. The van der Waals surface area contributed by atoms with Gasteiger partial charge in [0, 0.05) is 36.5 Å². The summed E-state index contributed by atoms with van der Waals surface area (Å²) in [6.45, 7) is 3.55. The van der Waals surface area contributed by atoms with Crippen molar-refractivity contribution in [3.63, 3.8) is 0 Å². The zero-order chi connectivity index (χ0) is 23.5. The molecule has 0 spiro atoms. The normalized spacial score (nSPS) is 19.0. The molecule has 2 aliphatic carbocycles. The molecule has 1 aromatic heterocycles. The maximum atomic E-state index is 6.28. The molecule has 0 N–H and O–H groups in total. The van der Waals surface area contributed by atoms with Gasteiger partial charge in [0.2, 0.25) is 0 Å². The highest BCUT2D eigenvalue weighted by atomic mass is 35.5. The SMILES string of the molecule is COc1ccc(Cl)cc1C1CC1CN(CCCSc1nnc(-c2ccccc2)n1C)CC1CC1.Cl. The smallest absolute Gasteiger partial charge is 0.191 e. The lowest BCUT2D eigenvalue weighted by molar-refractivity contribution is 0.252. The molecule has 5 rings (SSSR count). The summed E-state index contributed by atoms with van der Waals surface area (Å²) in [5.74, 6) is 5.12. The van der Waals surface area contributed by atoms with E-state index in [9.17, 15) is 0 Å². The summed E-state index contributed by atoms with van der Waals surface area (Å²) in [5, 5.41) is 10.6. The van der Waals surface area contributed by atoms with Gasteiger partial charge in [-0.15, -0.1) is 22.6 Å². The number of hydrogen-bond acceptors (Lipinski definition) is 5. The van der Waals surface area contributed by atoms with Crippen LogP contribution in [0, 0.1) is 11.8 Å². The van der Waals surface area contributed by atoms with Gasteiger partial charge in [-0.2, -0.15) is 0 Å². The molecule has 2 saturated carbocycles. The molecule has 1 heterocycles. The largest absolute Gasteiger partial charge is 0.496 e. The van der Waals surface area contributed by atoms with Gasteiger partial charge in [-0.3, -0.25) is 0 Å². The van der Waals surface area contributed by atoms with Gasteiger partial charge in [0.1, 0.15) is 5.75 Å². The predicted molar refractivity (Wildman–Crippen MR) is 147 cm³/mol. The molecule has 0 saturated heterocycles. The number of benzene rings is 2. The zero-order valence-corrected chi connectivity index (χ0v) is 22.8. The average Bonchev–Trinajstić information content (AvgIpc) is 3.78. The van der Waals surface area contributed by atoms with Crippen LogP contribution in [-0.4, -0.2) is 52.2 Å². The minimum atomic E-state index is 0. The van der Waals surface area contributed by atoms with E-state index in [1.165, 1.54) is 37.9 Å². The van der Waals surface area contributed by atoms with E-state index >= 15 is 0 Å². The highest BCUT2D eigenvalue weighted by molar-refractivity contribution is 7.99. The third-order valence-corrected chi connectivity index (χ3v) is 8.28. The number of thioether (sulfide) groups is 1. The van der Waals surface area contributed by atoms with Crippen LogP contribution in [0.25, 0.3) is 11.4 Å². The summed E-state index contributed by atoms with van der Waals surface area (Å²) in [5.41, 5.74) is 2.38. The van der Waals surface area contributed by atoms with Crippen molar-refractivity contribution < 1.29 is 4.74 Å². The van der Waals surface area contributed by atoms with Crippen LogP contribution < -0.4 is 4.74 Å². The molecular weight excluding hydrogens is 499 g/mol. The molecule has 35 heavy (non-hydrogen) atoms. The van der Waals surface area contributed by atoms with E-state index in [2.05, 4.69) is 44.9 Å². The maximum absolute atomic E-state index is 6.28. The van der Waals surface area contributed by atoms with E-state index in [1.807, 2.05) is 42.1 Å². The Bertz CT molecular complexity index is 1110. The summed E-state index contributed by atoms with van der Waals surface area (Å²) < 4.78 is 7.71. The number of methoxy groups -OCH3 is 1. The molecular formula is C27H34Cl2N4OS. The number of rotatable bonds is 12. The minimum Gasteiger partial charge on any atom is -0.496 e. The van der Waals surface area contributed by atoms with Gasteiger partial charge in [0.25, 0.3) is 0 Å². The van der Waals surface area contributed by atoms with Gasteiger partial charge in [-0.05, 0) is 73.7 Å². The van der Waals surface area contributed by atoms with Gasteiger partial charge in [0.05, 0.1) is 7.11 Å². The molecule has 2 aliphatic rings. The Labute approximate surface area is 224 Å². The van der Waals surface area contributed by atoms with Crippen LogP contribution in [0.15, 0.2) is 53.7 Å². The maximum Gasteiger partial charge on any atom is 0.191 e.